The molecule has 5 N–H and O–H groups in total. The number of carbonyl (C=O) groups excluding carboxylic acids is 1. The Morgan fingerprint density at radius 3 is 2.31 bits per heavy atom. The van der Waals surface area contributed by atoms with Gasteiger partial charge in [-0.15, -0.1) is 0 Å². The average Bonchev–Trinajstić information content (AvgIpc) is 2.70. The Morgan fingerprint density at radius 2 is 1.76 bits per heavy atom. The van der Waals surface area contributed by atoms with Crippen molar-refractivity contribution >= 4 is 11.9 Å². The summed E-state index contributed by atoms with van der Waals surface area (Å²) in [5.74, 6) is 0.930. The van der Waals surface area contributed by atoms with E-state index >= 15 is 0 Å². The molecule has 2 rings (SSSR count). The van der Waals surface area contributed by atoms with Gasteiger partial charge in [-0.3, -0.25) is 4.79 Å². The van der Waals surface area contributed by atoms with Crippen LogP contribution in [0.15, 0.2) is 53.5 Å². The Morgan fingerprint density at radius 1 is 1.10 bits per heavy atom. The Bertz CT molecular complexity index is 802. The molecule has 1 amide bonds. The lowest BCUT2D eigenvalue weighted by Crippen LogP contribution is -2.39. The predicted octanol–water partition coefficient (Wildman–Crippen LogP) is 2.36. The highest BCUT2D eigenvalue weighted by atomic mass is 16.5. The highest BCUT2D eigenvalue weighted by molar-refractivity contribution is 5.92. The van der Waals surface area contributed by atoms with E-state index in [9.17, 15) is 9.90 Å². The van der Waals surface area contributed by atoms with Crippen LogP contribution in [0.5, 0.6) is 5.75 Å². The fourth-order valence-electron chi connectivity index (χ4n) is 2.64. The van der Waals surface area contributed by atoms with Gasteiger partial charge in [0, 0.05) is 18.7 Å². The standard InChI is InChI=1S/C22H30N4O3/c1-4-24-22(25-13-16-5-7-18(8-6-16)21(23)28)26-14-20(27)17-9-11-19(12-10-17)29-15(2)3/h5-12,15,20,27H,4,13-14H2,1-3H3,(H2,23,28)(H2,24,25,26). The molecule has 0 aromatic heterocycles. The number of aliphatic hydroxyl groups excluding tert-OH is 1. The lowest BCUT2D eigenvalue weighted by atomic mass is 10.1. The molecular formula is C22H30N4O3. The van der Waals surface area contributed by atoms with Gasteiger partial charge in [-0.1, -0.05) is 24.3 Å². The Balaban J connectivity index is 1.93. The van der Waals surface area contributed by atoms with Gasteiger partial charge in [-0.2, -0.15) is 0 Å². The quantitative estimate of drug-likeness (QED) is 0.383. The van der Waals surface area contributed by atoms with Crippen molar-refractivity contribution in [2.75, 3.05) is 13.1 Å². The summed E-state index contributed by atoms with van der Waals surface area (Å²) in [6, 6.07) is 14.4. The number of guanidine groups is 1. The van der Waals surface area contributed by atoms with Gasteiger partial charge in [-0.05, 0) is 56.2 Å². The zero-order chi connectivity index (χ0) is 21.2. The van der Waals surface area contributed by atoms with Crippen molar-refractivity contribution in [2.24, 2.45) is 10.7 Å². The number of carbonyl (C=O) groups is 1. The number of rotatable bonds is 9. The second kappa shape index (κ2) is 11.1. The number of nitrogens with zero attached hydrogens (tertiary/aromatic N) is 1. The molecule has 0 radical (unpaired) electrons. The van der Waals surface area contributed by atoms with E-state index in [4.69, 9.17) is 10.5 Å². The zero-order valence-electron chi connectivity index (χ0n) is 17.2. The molecule has 7 heteroatoms. The lowest BCUT2D eigenvalue weighted by molar-refractivity contribution is 0.1000. The molecule has 0 aliphatic heterocycles. The van der Waals surface area contributed by atoms with E-state index in [0.717, 1.165) is 16.9 Å². The van der Waals surface area contributed by atoms with Gasteiger partial charge in [0.25, 0.3) is 0 Å². The van der Waals surface area contributed by atoms with Crippen molar-refractivity contribution in [1.82, 2.24) is 10.6 Å². The van der Waals surface area contributed by atoms with Gasteiger partial charge in [0.1, 0.15) is 5.75 Å². The van der Waals surface area contributed by atoms with E-state index < -0.39 is 12.0 Å². The number of nitrogens with two attached hydrogens (primary N) is 1. The maximum atomic E-state index is 11.1. The number of primary amides is 1. The maximum Gasteiger partial charge on any atom is 0.248 e. The predicted molar refractivity (Wildman–Crippen MR) is 115 cm³/mol. The molecule has 0 bridgehead atoms. The summed E-state index contributed by atoms with van der Waals surface area (Å²) in [6.45, 7) is 7.37. The van der Waals surface area contributed by atoms with Gasteiger partial charge < -0.3 is 26.2 Å². The molecule has 0 spiro atoms. The van der Waals surface area contributed by atoms with Crippen LogP contribution < -0.4 is 21.1 Å². The van der Waals surface area contributed by atoms with Gasteiger partial charge >= 0.3 is 0 Å². The van der Waals surface area contributed by atoms with Crippen molar-refractivity contribution in [1.29, 1.82) is 0 Å². The van der Waals surface area contributed by atoms with Crippen molar-refractivity contribution < 1.29 is 14.6 Å². The first-order valence-corrected chi connectivity index (χ1v) is 9.74. The van der Waals surface area contributed by atoms with E-state index in [0.29, 0.717) is 31.2 Å². The van der Waals surface area contributed by atoms with Gasteiger partial charge in [0.05, 0.1) is 18.8 Å². The molecule has 0 aliphatic carbocycles. The van der Waals surface area contributed by atoms with Gasteiger partial charge in [-0.25, -0.2) is 4.99 Å². The number of hydrogen-bond donors (Lipinski definition) is 4. The van der Waals surface area contributed by atoms with Crippen LogP contribution in [0.1, 0.15) is 48.4 Å². The minimum Gasteiger partial charge on any atom is -0.491 e. The highest BCUT2D eigenvalue weighted by Crippen LogP contribution is 2.18. The Kier molecular flexibility index (Phi) is 8.48. The summed E-state index contributed by atoms with van der Waals surface area (Å²) >= 11 is 0. The number of ether oxygens (including phenoxy) is 1. The van der Waals surface area contributed by atoms with E-state index in [1.54, 1.807) is 12.1 Å². The SMILES string of the molecule is CCNC(=NCc1ccc(C(N)=O)cc1)NCC(O)c1ccc(OC(C)C)cc1. The molecule has 29 heavy (non-hydrogen) atoms. The maximum absolute atomic E-state index is 11.1. The van der Waals surface area contributed by atoms with Crippen LogP contribution in [0.4, 0.5) is 0 Å². The van der Waals surface area contributed by atoms with Crippen molar-refractivity contribution in [3.05, 3.63) is 65.2 Å². The van der Waals surface area contributed by atoms with E-state index in [1.807, 2.05) is 57.2 Å². The van der Waals surface area contributed by atoms with Crippen LogP contribution in [0.3, 0.4) is 0 Å². The average molecular weight is 399 g/mol. The molecule has 0 aliphatic rings. The summed E-state index contributed by atoms with van der Waals surface area (Å²) in [7, 11) is 0. The van der Waals surface area contributed by atoms with Crippen molar-refractivity contribution in [3.8, 4) is 5.75 Å². The largest absolute Gasteiger partial charge is 0.491 e. The van der Waals surface area contributed by atoms with Crippen molar-refractivity contribution in [3.63, 3.8) is 0 Å². The molecule has 1 atom stereocenters. The number of aliphatic hydroxyl groups is 1. The fraction of sp³-hybridized carbons (Fsp3) is 0.364. The molecule has 2 aromatic rings. The second-order valence-electron chi connectivity index (χ2n) is 6.89. The number of amides is 1. The highest BCUT2D eigenvalue weighted by Gasteiger charge is 2.09. The van der Waals surface area contributed by atoms with Gasteiger partial charge in [0.2, 0.25) is 5.91 Å². The fourth-order valence-corrected chi connectivity index (χ4v) is 2.64. The molecule has 156 valence electrons. The number of benzene rings is 2. The zero-order valence-corrected chi connectivity index (χ0v) is 17.2. The smallest absolute Gasteiger partial charge is 0.248 e. The first-order chi connectivity index (χ1) is 13.9. The van der Waals surface area contributed by atoms with E-state index in [2.05, 4.69) is 15.6 Å². The first kappa shape index (κ1) is 22.2. The normalized spacial score (nSPS) is 12.5. The minimum atomic E-state index is -0.679. The van der Waals surface area contributed by atoms with Crippen LogP contribution in [-0.4, -0.2) is 36.2 Å². The molecule has 0 saturated carbocycles. The second-order valence-corrected chi connectivity index (χ2v) is 6.89. The van der Waals surface area contributed by atoms with Crippen LogP contribution in [-0.2, 0) is 6.54 Å². The van der Waals surface area contributed by atoms with Crippen LogP contribution in [0.2, 0.25) is 0 Å². The number of hydrogen-bond acceptors (Lipinski definition) is 4. The molecule has 1 unspecified atom stereocenters. The van der Waals surface area contributed by atoms with E-state index in [1.165, 1.54) is 0 Å². The molecule has 0 heterocycles. The minimum absolute atomic E-state index is 0.110. The molecule has 2 aromatic carbocycles. The third kappa shape index (κ3) is 7.46. The first-order valence-electron chi connectivity index (χ1n) is 9.74. The molecule has 0 fully saturated rings. The third-order valence-electron chi connectivity index (χ3n) is 4.10. The monoisotopic (exact) mass is 398 g/mol. The summed E-state index contributed by atoms with van der Waals surface area (Å²) in [4.78, 5) is 15.7. The number of aliphatic imine (C=N–C) groups is 1. The Hall–Kier alpha value is -3.06. The van der Waals surface area contributed by atoms with E-state index in [-0.39, 0.29) is 6.10 Å². The summed E-state index contributed by atoms with van der Waals surface area (Å²) < 4.78 is 5.62. The Labute approximate surface area is 172 Å². The molecular weight excluding hydrogens is 368 g/mol. The molecule has 0 saturated heterocycles. The van der Waals surface area contributed by atoms with Crippen LogP contribution in [0, 0.1) is 0 Å². The van der Waals surface area contributed by atoms with Crippen LogP contribution >= 0.6 is 0 Å². The summed E-state index contributed by atoms with van der Waals surface area (Å²) in [5.41, 5.74) is 7.47. The third-order valence-corrected chi connectivity index (χ3v) is 4.10. The summed E-state index contributed by atoms with van der Waals surface area (Å²) in [6.07, 6.45) is -0.569. The molecule has 7 nitrogen and oxygen atoms in total. The van der Waals surface area contributed by atoms with Crippen molar-refractivity contribution in [2.45, 2.75) is 39.5 Å². The topological polar surface area (TPSA) is 109 Å². The lowest BCUT2D eigenvalue weighted by Gasteiger charge is -2.16. The van der Waals surface area contributed by atoms with Gasteiger partial charge in [0.15, 0.2) is 5.96 Å². The number of nitrogens with one attached hydrogen (secondary N) is 2. The summed E-state index contributed by atoms with van der Waals surface area (Å²) in [5, 5.41) is 16.8. The van der Waals surface area contributed by atoms with Crippen LogP contribution in [0.25, 0.3) is 0 Å².